The van der Waals surface area contributed by atoms with Crippen molar-refractivity contribution >= 4 is 11.0 Å². The van der Waals surface area contributed by atoms with Gasteiger partial charge in [-0.15, -0.1) is 6.58 Å². The molecule has 19 heavy (non-hydrogen) atoms. The van der Waals surface area contributed by atoms with Crippen LogP contribution in [-0.4, -0.2) is 6.54 Å². The first-order chi connectivity index (χ1) is 9.35. The summed E-state index contributed by atoms with van der Waals surface area (Å²) in [6.45, 7) is 6.99. The molecule has 0 spiro atoms. The van der Waals surface area contributed by atoms with Crippen LogP contribution in [-0.2, 0) is 0 Å². The fourth-order valence-corrected chi connectivity index (χ4v) is 2.30. The van der Waals surface area contributed by atoms with Crippen molar-refractivity contribution in [1.82, 2.24) is 5.32 Å². The van der Waals surface area contributed by atoms with Gasteiger partial charge in [-0.1, -0.05) is 31.2 Å². The van der Waals surface area contributed by atoms with Crippen molar-refractivity contribution in [1.29, 1.82) is 0 Å². The summed E-state index contributed by atoms with van der Waals surface area (Å²) in [5.74, 6) is 1.05. The second-order valence-electron chi connectivity index (χ2n) is 4.91. The molecule has 2 nitrogen and oxygen atoms in total. The lowest BCUT2D eigenvalue weighted by atomic mass is 10.1. The number of para-hydroxylation sites is 1. The van der Waals surface area contributed by atoms with Crippen LogP contribution in [0, 0.1) is 0 Å². The molecule has 1 heterocycles. The summed E-state index contributed by atoms with van der Waals surface area (Å²) in [7, 11) is 0. The number of hydrogen-bond acceptors (Lipinski definition) is 2. The summed E-state index contributed by atoms with van der Waals surface area (Å²) in [5.41, 5.74) is 0.976. The highest BCUT2D eigenvalue weighted by Gasteiger charge is 2.14. The molecule has 102 valence electrons. The Labute approximate surface area is 115 Å². The number of hydrogen-bond donors (Lipinski definition) is 1. The Balaban J connectivity index is 2.12. The van der Waals surface area contributed by atoms with Crippen LogP contribution in [0.25, 0.3) is 11.0 Å². The van der Waals surface area contributed by atoms with E-state index in [4.69, 9.17) is 4.42 Å². The molecule has 0 aliphatic heterocycles. The van der Waals surface area contributed by atoms with Gasteiger partial charge in [0.2, 0.25) is 0 Å². The number of benzene rings is 1. The summed E-state index contributed by atoms with van der Waals surface area (Å²) in [6.07, 6.45) is 6.41. The fraction of sp³-hybridized carbons (Fsp3) is 0.412. The van der Waals surface area contributed by atoms with Crippen LogP contribution in [0.4, 0.5) is 0 Å². The summed E-state index contributed by atoms with van der Waals surface area (Å²) in [4.78, 5) is 0. The van der Waals surface area contributed by atoms with Gasteiger partial charge in [0.25, 0.3) is 0 Å². The highest BCUT2D eigenvalue weighted by atomic mass is 16.3. The molecule has 1 aromatic carbocycles. The Kier molecular flexibility index (Phi) is 5.22. The first-order valence-electron chi connectivity index (χ1n) is 7.18. The van der Waals surface area contributed by atoms with Crippen molar-refractivity contribution in [2.24, 2.45) is 0 Å². The summed E-state index contributed by atoms with van der Waals surface area (Å²) < 4.78 is 5.97. The zero-order chi connectivity index (χ0) is 13.5. The Morgan fingerprint density at radius 1 is 1.37 bits per heavy atom. The average molecular weight is 257 g/mol. The molecule has 1 N–H and O–H groups in total. The maximum absolute atomic E-state index is 5.97. The summed E-state index contributed by atoms with van der Waals surface area (Å²) in [6, 6.07) is 10.7. The molecule has 1 aromatic heterocycles. The monoisotopic (exact) mass is 257 g/mol. The molecule has 0 aliphatic carbocycles. The van der Waals surface area contributed by atoms with Crippen molar-refractivity contribution in [3.8, 4) is 0 Å². The van der Waals surface area contributed by atoms with Crippen molar-refractivity contribution in [2.75, 3.05) is 6.54 Å². The predicted octanol–water partition coefficient (Wildman–Crippen LogP) is 4.83. The molecule has 0 saturated carbocycles. The van der Waals surface area contributed by atoms with E-state index in [2.05, 4.69) is 31.0 Å². The van der Waals surface area contributed by atoms with E-state index in [0.29, 0.717) is 6.04 Å². The molecule has 0 aliphatic rings. The second-order valence-corrected chi connectivity index (χ2v) is 4.91. The van der Waals surface area contributed by atoms with Crippen molar-refractivity contribution in [2.45, 2.75) is 38.6 Å². The number of unbranched alkanes of at least 4 members (excludes halogenated alkanes) is 1. The number of furan rings is 1. The van der Waals surface area contributed by atoms with Gasteiger partial charge < -0.3 is 9.73 Å². The number of nitrogens with one attached hydrogen (secondary N) is 1. The number of rotatable bonds is 8. The standard InChI is InChI=1S/C17H23NO/c1-3-5-6-10-15(18-12-4-2)17-13-14-9-7-8-11-16(14)19-17/h3,7-9,11,13,15,18H,1,4-6,10,12H2,2H3. The zero-order valence-electron chi connectivity index (χ0n) is 11.7. The van der Waals surface area contributed by atoms with E-state index in [-0.39, 0.29) is 0 Å². The van der Waals surface area contributed by atoms with E-state index in [1.54, 1.807) is 0 Å². The van der Waals surface area contributed by atoms with Crippen LogP contribution in [0.2, 0.25) is 0 Å². The minimum Gasteiger partial charge on any atom is -0.459 e. The van der Waals surface area contributed by atoms with Crippen LogP contribution in [0.3, 0.4) is 0 Å². The molecule has 0 amide bonds. The lowest BCUT2D eigenvalue weighted by molar-refractivity contribution is 0.404. The summed E-state index contributed by atoms with van der Waals surface area (Å²) >= 11 is 0. The topological polar surface area (TPSA) is 25.2 Å². The van der Waals surface area contributed by atoms with Crippen molar-refractivity contribution in [3.63, 3.8) is 0 Å². The third kappa shape index (κ3) is 3.71. The minimum atomic E-state index is 0.312. The first-order valence-corrected chi connectivity index (χ1v) is 7.18. The Morgan fingerprint density at radius 3 is 2.95 bits per heavy atom. The molecular weight excluding hydrogens is 234 g/mol. The van der Waals surface area contributed by atoms with Gasteiger partial charge >= 0.3 is 0 Å². The van der Waals surface area contributed by atoms with Crippen LogP contribution in [0.5, 0.6) is 0 Å². The van der Waals surface area contributed by atoms with Crippen molar-refractivity contribution < 1.29 is 4.42 Å². The molecule has 1 unspecified atom stereocenters. The van der Waals surface area contributed by atoms with Gasteiger partial charge in [0.05, 0.1) is 6.04 Å². The van der Waals surface area contributed by atoms with E-state index in [1.165, 1.54) is 5.39 Å². The Hall–Kier alpha value is -1.54. The largest absolute Gasteiger partial charge is 0.459 e. The van der Waals surface area contributed by atoms with Gasteiger partial charge in [-0.2, -0.15) is 0 Å². The smallest absolute Gasteiger partial charge is 0.134 e. The molecule has 2 rings (SSSR count). The van der Waals surface area contributed by atoms with E-state index in [1.807, 2.05) is 24.3 Å². The van der Waals surface area contributed by atoms with Crippen LogP contribution in [0.1, 0.15) is 44.4 Å². The Morgan fingerprint density at radius 2 is 2.21 bits per heavy atom. The SMILES string of the molecule is C=CCCCC(NCCC)c1cc2ccccc2o1. The van der Waals surface area contributed by atoms with Gasteiger partial charge in [-0.25, -0.2) is 0 Å². The fourth-order valence-electron chi connectivity index (χ4n) is 2.30. The van der Waals surface area contributed by atoms with Crippen LogP contribution in [0.15, 0.2) is 47.4 Å². The van der Waals surface area contributed by atoms with E-state index >= 15 is 0 Å². The third-order valence-corrected chi connectivity index (χ3v) is 3.33. The zero-order valence-corrected chi connectivity index (χ0v) is 11.7. The molecule has 2 aromatic rings. The maximum atomic E-state index is 5.97. The third-order valence-electron chi connectivity index (χ3n) is 3.33. The number of fused-ring (bicyclic) bond motifs is 1. The highest BCUT2D eigenvalue weighted by Crippen LogP contribution is 2.26. The van der Waals surface area contributed by atoms with E-state index < -0.39 is 0 Å². The molecule has 0 bridgehead atoms. The van der Waals surface area contributed by atoms with Gasteiger partial charge in [0.15, 0.2) is 0 Å². The first kappa shape index (κ1) is 13.9. The predicted molar refractivity (Wildman–Crippen MR) is 81.3 cm³/mol. The van der Waals surface area contributed by atoms with Crippen LogP contribution >= 0.6 is 0 Å². The second kappa shape index (κ2) is 7.15. The van der Waals surface area contributed by atoms with Gasteiger partial charge in [-0.05, 0) is 44.4 Å². The molecule has 2 heteroatoms. The lowest BCUT2D eigenvalue weighted by Gasteiger charge is -2.15. The van der Waals surface area contributed by atoms with Gasteiger partial charge in [-0.3, -0.25) is 0 Å². The molecular formula is C17H23NO. The molecule has 0 fully saturated rings. The minimum absolute atomic E-state index is 0.312. The lowest BCUT2D eigenvalue weighted by Crippen LogP contribution is -2.21. The summed E-state index contributed by atoms with van der Waals surface area (Å²) in [5, 5.41) is 4.76. The van der Waals surface area contributed by atoms with Crippen LogP contribution < -0.4 is 5.32 Å². The van der Waals surface area contributed by atoms with E-state index in [0.717, 1.165) is 43.6 Å². The number of allylic oxidation sites excluding steroid dienone is 1. The maximum Gasteiger partial charge on any atom is 0.134 e. The molecule has 0 saturated heterocycles. The molecule has 1 atom stereocenters. The van der Waals surface area contributed by atoms with Crippen molar-refractivity contribution in [3.05, 3.63) is 48.7 Å². The quantitative estimate of drug-likeness (QED) is 0.541. The molecule has 0 radical (unpaired) electrons. The van der Waals surface area contributed by atoms with E-state index in [9.17, 15) is 0 Å². The van der Waals surface area contributed by atoms with Gasteiger partial charge in [0, 0.05) is 5.39 Å². The highest BCUT2D eigenvalue weighted by molar-refractivity contribution is 5.77. The Bertz CT molecular complexity index is 482. The average Bonchev–Trinajstić information content (AvgIpc) is 2.86. The normalized spacial score (nSPS) is 12.7. The van der Waals surface area contributed by atoms with Gasteiger partial charge in [0.1, 0.15) is 11.3 Å².